The average Bonchev–Trinajstić information content (AvgIpc) is 2.85. The van der Waals surface area contributed by atoms with Gasteiger partial charge in [0.25, 0.3) is 5.91 Å². The lowest BCUT2D eigenvalue weighted by atomic mass is 9.70. The first-order valence-electron chi connectivity index (χ1n) is 8.07. The van der Waals surface area contributed by atoms with Gasteiger partial charge in [-0.2, -0.15) is 5.10 Å². The van der Waals surface area contributed by atoms with Crippen LogP contribution >= 0.6 is 0 Å². The van der Waals surface area contributed by atoms with Crippen molar-refractivity contribution in [1.29, 1.82) is 0 Å². The zero-order valence-electron chi connectivity index (χ0n) is 13.9. The first-order valence-corrected chi connectivity index (χ1v) is 8.07. The lowest BCUT2D eigenvalue weighted by molar-refractivity contribution is -0.123. The van der Waals surface area contributed by atoms with E-state index in [0.717, 1.165) is 18.6 Å². The number of hydrogen-bond donors (Lipinski definition) is 1. The van der Waals surface area contributed by atoms with Crippen LogP contribution in [0.2, 0.25) is 0 Å². The molecule has 2 saturated carbocycles. The van der Waals surface area contributed by atoms with E-state index in [9.17, 15) is 9.18 Å². The predicted molar refractivity (Wildman–Crippen MR) is 86.7 cm³/mol. The number of rotatable bonds is 4. The summed E-state index contributed by atoms with van der Waals surface area (Å²) in [5.41, 5.74) is 4.01. The van der Waals surface area contributed by atoms with Gasteiger partial charge in [-0.05, 0) is 54.9 Å². The molecule has 1 aromatic rings. The Hall–Kier alpha value is -1.91. The van der Waals surface area contributed by atoms with Crippen LogP contribution in [0.15, 0.2) is 29.4 Å². The highest BCUT2D eigenvalue weighted by atomic mass is 19.1. The molecule has 0 heterocycles. The van der Waals surface area contributed by atoms with Gasteiger partial charge in [0.1, 0.15) is 11.6 Å². The fourth-order valence-electron chi connectivity index (χ4n) is 3.94. The average molecular weight is 318 g/mol. The molecule has 4 nitrogen and oxygen atoms in total. The minimum Gasteiger partial charge on any atom is -0.484 e. The first-order chi connectivity index (χ1) is 10.8. The second kappa shape index (κ2) is 5.62. The molecule has 1 aromatic carbocycles. The van der Waals surface area contributed by atoms with Gasteiger partial charge in [0.05, 0.1) is 0 Å². The number of amides is 1. The molecule has 0 unspecified atom stereocenters. The number of nitrogens with one attached hydrogen (secondary N) is 1. The Labute approximate surface area is 136 Å². The molecule has 0 aliphatic heterocycles. The van der Waals surface area contributed by atoms with Crippen LogP contribution < -0.4 is 10.2 Å². The van der Waals surface area contributed by atoms with E-state index in [2.05, 4.69) is 31.3 Å². The maximum Gasteiger partial charge on any atom is 0.277 e. The summed E-state index contributed by atoms with van der Waals surface area (Å²) in [6, 6.07) is 5.58. The van der Waals surface area contributed by atoms with Crippen LogP contribution in [0, 0.1) is 22.6 Å². The van der Waals surface area contributed by atoms with E-state index in [0.29, 0.717) is 11.7 Å². The number of halogens is 1. The van der Waals surface area contributed by atoms with Crippen molar-refractivity contribution in [2.45, 2.75) is 40.0 Å². The Morgan fingerprint density at radius 3 is 2.61 bits per heavy atom. The Morgan fingerprint density at radius 2 is 2.04 bits per heavy atom. The number of ether oxygens (including phenoxy) is 1. The normalized spacial score (nSPS) is 29.7. The van der Waals surface area contributed by atoms with Crippen molar-refractivity contribution in [2.75, 3.05) is 6.61 Å². The van der Waals surface area contributed by atoms with E-state index >= 15 is 0 Å². The molecule has 2 fully saturated rings. The van der Waals surface area contributed by atoms with Crippen molar-refractivity contribution in [3.63, 3.8) is 0 Å². The molecule has 2 aliphatic carbocycles. The highest BCUT2D eigenvalue weighted by Gasteiger charge is 2.59. The van der Waals surface area contributed by atoms with Gasteiger partial charge in [0.2, 0.25) is 0 Å². The third kappa shape index (κ3) is 2.73. The largest absolute Gasteiger partial charge is 0.484 e. The van der Waals surface area contributed by atoms with Gasteiger partial charge in [-0.25, -0.2) is 9.82 Å². The van der Waals surface area contributed by atoms with Crippen LogP contribution in [0.3, 0.4) is 0 Å². The molecule has 0 aromatic heterocycles. The molecule has 3 rings (SSSR count). The summed E-state index contributed by atoms with van der Waals surface area (Å²) in [7, 11) is 0. The first kappa shape index (κ1) is 16.0. The molecular weight excluding hydrogens is 295 g/mol. The molecule has 5 heteroatoms. The van der Waals surface area contributed by atoms with Crippen molar-refractivity contribution < 1.29 is 13.9 Å². The van der Waals surface area contributed by atoms with E-state index in [4.69, 9.17) is 4.74 Å². The zero-order chi connectivity index (χ0) is 16.7. The van der Waals surface area contributed by atoms with E-state index in [-0.39, 0.29) is 29.2 Å². The third-order valence-corrected chi connectivity index (χ3v) is 6.01. The number of fused-ring (bicyclic) bond motifs is 2. The molecule has 0 radical (unpaired) electrons. The third-order valence-electron chi connectivity index (χ3n) is 6.01. The SMILES string of the molecule is CC1(C)[C@@H]2CC[C@]1(C)/C(=N/NC(=O)COc1ccc(F)cc1)C2. The van der Waals surface area contributed by atoms with Crippen LogP contribution in [-0.4, -0.2) is 18.2 Å². The Morgan fingerprint density at radius 1 is 1.35 bits per heavy atom. The number of hydrogen-bond acceptors (Lipinski definition) is 3. The minimum atomic E-state index is -0.333. The quantitative estimate of drug-likeness (QED) is 0.864. The number of carbonyl (C=O) groups is 1. The maximum absolute atomic E-state index is 12.8. The van der Waals surface area contributed by atoms with Crippen molar-refractivity contribution in [1.82, 2.24) is 5.43 Å². The lowest BCUT2D eigenvalue weighted by Crippen LogP contribution is -2.35. The molecule has 2 bridgehead atoms. The van der Waals surface area contributed by atoms with Crippen LogP contribution in [0.4, 0.5) is 4.39 Å². The Balaban J connectivity index is 1.56. The van der Waals surface area contributed by atoms with Gasteiger partial charge in [0, 0.05) is 11.1 Å². The molecule has 23 heavy (non-hydrogen) atoms. The number of benzene rings is 1. The molecule has 0 saturated heterocycles. The fourth-order valence-corrected chi connectivity index (χ4v) is 3.94. The Kier molecular flexibility index (Phi) is 3.90. The molecule has 2 atom stereocenters. The minimum absolute atomic E-state index is 0.0722. The predicted octanol–water partition coefficient (Wildman–Crippen LogP) is 3.52. The molecule has 124 valence electrons. The monoisotopic (exact) mass is 318 g/mol. The molecule has 1 N–H and O–H groups in total. The summed E-state index contributed by atoms with van der Waals surface area (Å²) in [5, 5.41) is 4.38. The zero-order valence-corrected chi connectivity index (χ0v) is 13.9. The second-order valence-electron chi connectivity index (χ2n) is 7.33. The van der Waals surface area contributed by atoms with Gasteiger partial charge in [-0.3, -0.25) is 4.79 Å². The second-order valence-corrected chi connectivity index (χ2v) is 7.33. The van der Waals surface area contributed by atoms with Crippen LogP contribution in [0.25, 0.3) is 0 Å². The van der Waals surface area contributed by atoms with Gasteiger partial charge < -0.3 is 4.74 Å². The molecule has 2 aliphatic rings. The molecular formula is C18H23FN2O2. The van der Waals surface area contributed by atoms with E-state index in [1.165, 1.54) is 30.7 Å². The number of nitrogens with zero attached hydrogens (tertiary/aromatic N) is 1. The van der Waals surface area contributed by atoms with E-state index in [1.807, 2.05) is 0 Å². The van der Waals surface area contributed by atoms with Crippen molar-refractivity contribution >= 4 is 11.6 Å². The van der Waals surface area contributed by atoms with Crippen molar-refractivity contribution in [2.24, 2.45) is 21.8 Å². The van der Waals surface area contributed by atoms with Crippen molar-refractivity contribution in [3.05, 3.63) is 30.1 Å². The smallest absolute Gasteiger partial charge is 0.277 e. The van der Waals surface area contributed by atoms with Gasteiger partial charge >= 0.3 is 0 Å². The summed E-state index contributed by atoms with van der Waals surface area (Å²) in [5.74, 6) is 0.479. The van der Waals surface area contributed by atoms with Gasteiger partial charge in [-0.15, -0.1) is 0 Å². The summed E-state index contributed by atoms with van der Waals surface area (Å²) >= 11 is 0. The van der Waals surface area contributed by atoms with Crippen LogP contribution in [0.5, 0.6) is 5.75 Å². The van der Waals surface area contributed by atoms with Crippen molar-refractivity contribution in [3.8, 4) is 5.75 Å². The number of hydrazone groups is 1. The van der Waals surface area contributed by atoms with Gasteiger partial charge in [-0.1, -0.05) is 20.8 Å². The Bertz CT molecular complexity index is 639. The van der Waals surface area contributed by atoms with Crippen LogP contribution in [0.1, 0.15) is 40.0 Å². The number of carbonyl (C=O) groups excluding carboxylic acids is 1. The highest BCUT2D eigenvalue weighted by molar-refractivity contribution is 5.95. The topological polar surface area (TPSA) is 50.7 Å². The van der Waals surface area contributed by atoms with Gasteiger partial charge in [0.15, 0.2) is 6.61 Å². The summed E-state index contributed by atoms with van der Waals surface area (Å²) in [4.78, 5) is 11.9. The summed E-state index contributed by atoms with van der Waals surface area (Å²) in [6.07, 6.45) is 3.33. The maximum atomic E-state index is 12.8. The molecule has 1 amide bonds. The molecule has 0 spiro atoms. The highest BCUT2D eigenvalue weighted by Crippen LogP contribution is 2.63. The van der Waals surface area contributed by atoms with E-state index in [1.54, 1.807) is 0 Å². The van der Waals surface area contributed by atoms with Crippen LogP contribution in [-0.2, 0) is 4.79 Å². The fraction of sp³-hybridized carbons (Fsp3) is 0.556. The standard InChI is InChI=1S/C18H23FN2O2/c1-17(2)12-8-9-18(17,3)15(10-12)20-21-16(22)11-23-14-6-4-13(19)5-7-14/h4-7,12H,8-11H2,1-3H3,(H,21,22)/b20-15+/t12-,18-/m1/s1. The lowest BCUT2D eigenvalue weighted by Gasteiger charge is -2.34. The summed E-state index contributed by atoms with van der Waals surface area (Å²) in [6.45, 7) is 6.71. The summed E-state index contributed by atoms with van der Waals surface area (Å²) < 4.78 is 18.1. The van der Waals surface area contributed by atoms with E-state index < -0.39 is 0 Å².